The normalized spacial score (nSPS) is 19.1. The van der Waals surface area contributed by atoms with E-state index in [0.29, 0.717) is 12.0 Å². The van der Waals surface area contributed by atoms with Gasteiger partial charge >= 0.3 is 0 Å². The third kappa shape index (κ3) is 2.82. The highest BCUT2D eigenvalue weighted by molar-refractivity contribution is 7.80. The molecule has 2 N–H and O–H groups in total. The molecule has 1 atom stereocenters. The first-order valence-electron chi connectivity index (χ1n) is 6.76. The summed E-state index contributed by atoms with van der Waals surface area (Å²) in [7, 11) is 3.85. The quantitative estimate of drug-likeness (QED) is 0.638. The van der Waals surface area contributed by atoms with Crippen LogP contribution in [-0.2, 0) is 15.0 Å². The largest absolute Gasteiger partial charge is 0.307 e. The van der Waals surface area contributed by atoms with Crippen molar-refractivity contribution in [3.63, 3.8) is 0 Å². The van der Waals surface area contributed by atoms with E-state index in [1.807, 2.05) is 44.1 Å². The van der Waals surface area contributed by atoms with Crippen LogP contribution >= 0.6 is 12.2 Å². The number of rotatable bonds is 4. The van der Waals surface area contributed by atoms with Gasteiger partial charge in [0.05, 0.1) is 0 Å². The zero-order valence-corrected chi connectivity index (χ0v) is 13.2. The lowest BCUT2D eigenvalue weighted by molar-refractivity contribution is -0.138. The van der Waals surface area contributed by atoms with Gasteiger partial charge in [-0.1, -0.05) is 30.3 Å². The first-order valence-corrected chi connectivity index (χ1v) is 7.17. The second kappa shape index (κ2) is 5.91. The summed E-state index contributed by atoms with van der Waals surface area (Å²) in [4.78, 5) is 27.2. The SMILES string of the molecule is CC(CC1(c2ccccc2)C(=O)NC(=S)NC1=O)N(C)C. The number of hydrogen-bond acceptors (Lipinski definition) is 4. The van der Waals surface area contributed by atoms with Crippen molar-refractivity contribution in [2.45, 2.75) is 24.8 Å². The Balaban J connectivity index is 2.51. The van der Waals surface area contributed by atoms with Crippen LogP contribution in [0.4, 0.5) is 0 Å². The van der Waals surface area contributed by atoms with Crippen LogP contribution in [0.5, 0.6) is 0 Å². The summed E-state index contributed by atoms with van der Waals surface area (Å²) in [5.41, 5.74) is -0.580. The van der Waals surface area contributed by atoms with Gasteiger partial charge in [-0.3, -0.25) is 9.59 Å². The Morgan fingerprint density at radius 2 is 1.67 bits per heavy atom. The van der Waals surface area contributed by atoms with Crippen LogP contribution in [0.2, 0.25) is 0 Å². The van der Waals surface area contributed by atoms with E-state index in [9.17, 15) is 9.59 Å². The van der Waals surface area contributed by atoms with E-state index in [4.69, 9.17) is 12.2 Å². The number of carbonyl (C=O) groups is 2. The van der Waals surface area contributed by atoms with E-state index >= 15 is 0 Å². The molecule has 1 unspecified atom stereocenters. The predicted octanol–water partition coefficient (Wildman–Crippen LogP) is 0.795. The molecule has 2 rings (SSSR count). The van der Waals surface area contributed by atoms with Gasteiger partial charge in [-0.15, -0.1) is 0 Å². The molecule has 1 aliphatic heterocycles. The maximum atomic E-state index is 12.6. The highest BCUT2D eigenvalue weighted by atomic mass is 32.1. The lowest BCUT2D eigenvalue weighted by Crippen LogP contribution is -2.65. The standard InChI is InChI=1S/C15H19N3O2S/c1-10(18(2)3)9-15(11-7-5-4-6-8-11)12(19)16-14(21)17-13(15)20/h4-8,10H,9H2,1-3H3,(H2,16,17,19,20,21). The van der Waals surface area contributed by atoms with Crippen molar-refractivity contribution in [2.75, 3.05) is 14.1 Å². The monoisotopic (exact) mass is 305 g/mol. The number of amides is 2. The topological polar surface area (TPSA) is 61.4 Å². The lowest BCUT2D eigenvalue weighted by atomic mass is 9.73. The minimum Gasteiger partial charge on any atom is -0.307 e. The molecule has 1 aromatic carbocycles. The Labute approximate surface area is 129 Å². The Morgan fingerprint density at radius 1 is 1.14 bits per heavy atom. The Hall–Kier alpha value is -1.79. The van der Waals surface area contributed by atoms with Gasteiger partial charge in [-0.05, 0) is 45.2 Å². The Kier molecular flexibility index (Phi) is 4.39. The Morgan fingerprint density at radius 3 is 2.14 bits per heavy atom. The number of nitrogens with one attached hydrogen (secondary N) is 2. The van der Waals surface area contributed by atoms with Crippen molar-refractivity contribution in [1.29, 1.82) is 0 Å². The lowest BCUT2D eigenvalue weighted by Gasteiger charge is -2.38. The van der Waals surface area contributed by atoms with Crippen LogP contribution < -0.4 is 10.6 Å². The van der Waals surface area contributed by atoms with Crippen molar-refractivity contribution >= 4 is 29.1 Å². The number of hydrogen-bond donors (Lipinski definition) is 2. The fourth-order valence-electron chi connectivity index (χ4n) is 2.47. The van der Waals surface area contributed by atoms with Gasteiger partial charge in [0, 0.05) is 6.04 Å². The van der Waals surface area contributed by atoms with Gasteiger partial charge in [-0.2, -0.15) is 0 Å². The van der Waals surface area contributed by atoms with E-state index in [0.717, 1.165) is 0 Å². The molecule has 0 saturated carbocycles. The molecule has 0 aromatic heterocycles. The van der Waals surface area contributed by atoms with Crippen molar-refractivity contribution < 1.29 is 9.59 Å². The number of thiocarbonyl (C=S) groups is 1. The first-order chi connectivity index (χ1) is 9.87. The molecule has 1 saturated heterocycles. The molecule has 6 heteroatoms. The van der Waals surface area contributed by atoms with Gasteiger partial charge in [-0.25, -0.2) is 0 Å². The van der Waals surface area contributed by atoms with Crippen molar-refractivity contribution in [1.82, 2.24) is 15.5 Å². The third-order valence-electron chi connectivity index (χ3n) is 3.98. The molecule has 1 heterocycles. The molecule has 0 bridgehead atoms. The first kappa shape index (κ1) is 15.6. The molecule has 2 amide bonds. The van der Waals surface area contributed by atoms with Crippen LogP contribution in [0.3, 0.4) is 0 Å². The van der Waals surface area contributed by atoms with Crippen molar-refractivity contribution in [2.24, 2.45) is 0 Å². The van der Waals surface area contributed by atoms with E-state index in [1.165, 1.54) is 0 Å². The summed E-state index contributed by atoms with van der Waals surface area (Å²) < 4.78 is 0. The molecule has 1 aliphatic rings. The number of carbonyl (C=O) groups excluding carboxylic acids is 2. The second-order valence-electron chi connectivity index (χ2n) is 5.53. The summed E-state index contributed by atoms with van der Waals surface area (Å²) in [6, 6.07) is 9.16. The molecule has 0 aliphatic carbocycles. The van der Waals surface area contributed by atoms with Gasteiger partial charge < -0.3 is 15.5 Å². The molecule has 112 valence electrons. The van der Waals surface area contributed by atoms with E-state index in [2.05, 4.69) is 10.6 Å². The summed E-state index contributed by atoms with van der Waals surface area (Å²) in [6.07, 6.45) is 0.379. The van der Waals surface area contributed by atoms with E-state index in [-0.39, 0.29) is 23.0 Å². The maximum absolute atomic E-state index is 12.6. The van der Waals surface area contributed by atoms with Gasteiger partial charge in [0.25, 0.3) is 0 Å². The highest BCUT2D eigenvalue weighted by Crippen LogP contribution is 2.33. The molecule has 1 fully saturated rings. The predicted molar refractivity (Wildman–Crippen MR) is 84.8 cm³/mol. The molecule has 0 radical (unpaired) electrons. The van der Waals surface area contributed by atoms with Gasteiger partial charge in [0.2, 0.25) is 11.8 Å². The van der Waals surface area contributed by atoms with Crippen molar-refractivity contribution in [3.8, 4) is 0 Å². The fourth-order valence-corrected chi connectivity index (χ4v) is 2.65. The fraction of sp³-hybridized carbons (Fsp3) is 0.400. The summed E-state index contributed by atoms with van der Waals surface area (Å²) in [5.74, 6) is -0.729. The maximum Gasteiger partial charge on any atom is 0.246 e. The number of benzene rings is 1. The summed E-state index contributed by atoms with van der Waals surface area (Å²) >= 11 is 4.90. The van der Waals surface area contributed by atoms with E-state index in [1.54, 1.807) is 12.1 Å². The molecule has 0 spiro atoms. The van der Waals surface area contributed by atoms with Gasteiger partial charge in [0.1, 0.15) is 0 Å². The Bertz CT molecular complexity index is 552. The minimum absolute atomic E-state index is 0.0494. The minimum atomic E-state index is -1.26. The van der Waals surface area contributed by atoms with Crippen LogP contribution in [0.1, 0.15) is 18.9 Å². The van der Waals surface area contributed by atoms with E-state index < -0.39 is 5.41 Å². The van der Waals surface area contributed by atoms with Crippen LogP contribution in [-0.4, -0.2) is 42.0 Å². The zero-order chi connectivity index (χ0) is 15.6. The van der Waals surface area contributed by atoms with Crippen LogP contribution in [0.25, 0.3) is 0 Å². The summed E-state index contributed by atoms with van der Waals surface area (Å²) in [6.45, 7) is 1.98. The zero-order valence-electron chi connectivity index (χ0n) is 12.3. The van der Waals surface area contributed by atoms with Crippen LogP contribution in [0, 0.1) is 0 Å². The van der Waals surface area contributed by atoms with Gasteiger partial charge in [0.15, 0.2) is 10.5 Å². The van der Waals surface area contributed by atoms with Crippen molar-refractivity contribution in [3.05, 3.63) is 35.9 Å². The number of nitrogens with zero attached hydrogens (tertiary/aromatic N) is 1. The molecular formula is C15H19N3O2S. The molecule has 1 aromatic rings. The smallest absolute Gasteiger partial charge is 0.246 e. The third-order valence-corrected chi connectivity index (χ3v) is 4.18. The highest BCUT2D eigenvalue weighted by Gasteiger charge is 2.51. The average Bonchev–Trinajstić information content (AvgIpc) is 2.43. The molecule has 5 nitrogen and oxygen atoms in total. The average molecular weight is 305 g/mol. The molecular weight excluding hydrogens is 286 g/mol. The second-order valence-corrected chi connectivity index (χ2v) is 5.93. The molecule has 21 heavy (non-hydrogen) atoms. The van der Waals surface area contributed by atoms with Crippen LogP contribution in [0.15, 0.2) is 30.3 Å². The summed E-state index contributed by atoms with van der Waals surface area (Å²) in [5, 5.41) is 5.23.